The number of rotatable bonds is 5. The van der Waals surface area contributed by atoms with Crippen LogP contribution in [0.2, 0.25) is 0 Å². The minimum atomic E-state index is -0.860. The number of nitrogens with one attached hydrogen (secondary N) is 1. The lowest BCUT2D eigenvalue weighted by Crippen LogP contribution is -2.15. The second-order valence-electron chi connectivity index (χ2n) is 3.53. The summed E-state index contributed by atoms with van der Waals surface area (Å²) in [6.07, 6.45) is 0.109. The molecule has 0 aliphatic rings. The summed E-state index contributed by atoms with van der Waals surface area (Å²) < 4.78 is 31.2. The first kappa shape index (κ1) is 12.6. The van der Waals surface area contributed by atoms with Crippen LogP contribution in [0.1, 0.15) is 13.8 Å². The summed E-state index contributed by atoms with van der Waals surface area (Å²) in [6.45, 7) is 4.59. The number of ether oxygens (including phenoxy) is 1. The molecule has 0 saturated carbocycles. The Morgan fingerprint density at radius 1 is 1.44 bits per heavy atom. The lowest BCUT2D eigenvalue weighted by Gasteiger charge is -2.10. The Kier molecular flexibility index (Phi) is 4.42. The van der Waals surface area contributed by atoms with Crippen molar-refractivity contribution in [3.05, 3.63) is 17.7 Å². The van der Waals surface area contributed by atoms with Crippen LogP contribution in [-0.2, 0) is 4.74 Å². The van der Waals surface area contributed by atoms with Crippen LogP contribution in [0.25, 0.3) is 0 Å². The number of hydrogen-bond acceptors (Lipinski definition) is 4. The summed E-state index contributed by atoms with van der Waals surface area (Å²) in [5, 5.41) is 2.68. The Bertz CT molecular complexity index is 358. The molecule has 1 heterocycles. The van der Waals surface area contributed by atoms with E-state index in [2.05, 4.69) is 10.3 Å². The van der Waals surface area contributed by atoms with Crippen LogP contribution in [0.5, 0.6) is 0 Å². The van der Waals surface area contributed by atoms with E-state index in [1.54, 1.807) is 0 Å². The highest BCUT2D eigenvalue weighted by Gasteiger charge is 2.08. The van der Waals surface area contributed by atoms with E-state index < -0.39 is 11.6 Å². The van der Waals surface area contributed by atoms with Gasteiger partial charge < -0.3 is 15.8 Å². The Labute approximate surface area is 92.8 Å². The maximum absolute atomic E-state index is 13.2. The zero-order chi connectivity index (χ0) is 12.1. The maximum atomic E-state index is 13.2. The van der Waals surface area contributed by atoms with E-state index >= 15 is 0 Å². The molecule has 0 atom stereocenters. The molecule has 0 saturated heterocycles. The molecule has 3 N–H and O–H groups in total. The summed E-state index contributed by atoms with van der Waals surface area (Å²) in [5.74, 6) is -2.02. The van der Waals surface area contributed by atoms with E-state index in [-0.39, 0.29) is 17.7 Å². The largest absolute Gasteiger partial charge is 0.381 e. The van der Waals surface area contributed by atoms with Crippen LogP contribution in [0.15, 0.2) is 6.07 Å². The molecule has 1 aromatic rings. The number of nitrogen functional groups attached to an aromatic ring is 1. The molecule has 0 aliphatic heterocycles. The molecular weight excluding hydrogens is 216 g/mol. The van der Waals surface area contributed by atoms with Crippen LogP contribution in [0.3, 0.4) is 0 Å². The van der Waals surface area contributed by atoms with Crippen molar-refractivity contribution >= 4 is 11.6 Å². The van der Waals surface area contributed by atoms with Crippen molar-refractivity contribution in [2.24, 2.45) is 0 Å². The average Bonchev–Trinajstić information content (AvgIpc) is 2.19. The van der Waals surface area contributed by atoms with E-state index in [4.69, 9.17) is 10.5 Å². The van der Waals surface area contributed by atoms with Crippen LogP contribution in [0.4, 0.5) is 20.4 Å². The van der Waals surface area contributed by atoms with E-state index in [0.717, 1.165) is 0 Å². The number of nitrogens with zero attached hydrogens (tertiary/aromatic N) is 1. The van der Waals surface area contributed by atoms with E-state index in [1.807, 2.05) is 13.8 Å². The first-order valence-electron chi connectivity index (χ1n) is 4.97. The lowest BCUT2D eigenvalue weighted by atomic mass is 10.4. The van der Waals surface area contributed by atoms with E-state index in [9.17, 15) is 8.78 Å². The maximum Gasteiger partial charge on any atom is 0.168 e. The Morgan fingerprint density at radius 3 is 2.75 bits per heavy atom. The van der Waals surface area contributed by atoms with Gasteiger partial charge in [0.05, 0.1) is 12.7 Å². The molecule has 0 amide bonds. The Hall–Kier alpha value is -1.43. The number of hydrogen-bond donors (Lipinski definition) is 2. The SMILES string of the molecule is CC(C)OCCNc1nc(N)c(F)cc1F. The molecule has 0 fully saturated rings. The van der Waals surface area contributed by atoms with Crippen molar-refractivity contribution in [1.29, 1.82) is 0 Å². The number of pyridine rings is 1. The van der Waals surface area contributed by atoms with Gasteiger partial charge in [-0.3, -0.25) is 0 Å². The van der Waals surface area contributed by atoms with Gasteiger partial charge in [0, 0.05) is 12.6 Å². The molecule has 0 unspecified atom stereocenters. The highest BCUT2D eigenvalue weighted by Crippen LogP contribution is 2.16. The molecule has 0 aliphatic carbocycles. The van der Waals surface area contributed by atoms with Gasteiger partial charge in [0.1, 0.15) is 0 Å². The number of aromatic nitrogens is 1. The molecule has 0 spiro atoms. The molecular formula is C10H15F2N3O. The minimum absolute atomic E-state index is 0.0637. The summed E-state index contributed by atoms with van der Waals surface area (Å²) in [4.78, 5) is 3.55. The fourth-order valence-electron chi connectivity index (χ4n) is 1.07. The van der Waals surface area contributed by atoms with Crippen LogP contribution in [-0.4, -0.2) is 24.2 Å². The van der Waals surface area contributed by atoms with Crippen LogP contribution < -0.4 is 11.1 Å². The third kappa shape index (κ3) is 3.62. The van der Waals surface area contributed by atoms with Crippen molar-refractivity contribution in [3.63, 3.8) is 0 Å². The first-order valence-corrected chi connectivity index (χ1v) is 4.97. The molecule has 0 bridgehead atoms. The van der Waals surface area contributed by atoms with Crippen molar-refractivity contribution < 1.29 is 13.5 Å². The van der Waals surface area contributed by atoms with Gasteiger partial charge in [-0.15, -0.1) is 0 Å². The number of halogens is 2. The standard InChI is InChI=1S/C10H15F2N3O/c1-6(2)16-4-3-14-10-8(12)5-7(11)9(13)15-10/h5-6H,3-4H2,1-2H3,(H3,13,14,15). The van der Waals surface area contributed by atoms with Gasteiger partial charge in [0.2, 0.25) is 0 Å². The molecule has 0 radical (unpaired) electrons. The van der Waals surface area contributed by atoms with Gasteiger partial charge >= 0.3 is 0 Å². The molecule has 0 aromatic carbocycles. The van der Waals surface area contributed by atoms with Crippen LogP contribution >= 0.6 is 0 Å². The highest BCUT2D eigenvalue weighted by atomic mass is 19.1. The third-order valence-corrected chi connectivity index (χ3v) is 1.80. The second-order valence-corrected chi connectivity index (χ2v) is 3.53. The summed E-state index contributed by atoms with van der Waals surface area (Å²) in [5.41, 5.74) is 5.22. The van der Waals surface area contributed by atoms with Crippen molar-refractivity contribution in [3.8, 4) is 0 Å². The topological polar surface area (TPSA) is 60.2 Å². The van der Waals surface area contributed by atoms with Gasteiger partial charge in [0.25, 0.3) is 0 Å². The Morgan fingerprint density at radius 2 is 2.12 bits per heavy atom. The van der Waals surface area contributed by atoms with Crippen LogP contribution in [0, 0.1) is 11.6 Å². The van der Waals surface area contributed by atoms with Gasteiger partial charge in [0.15, 0.2) is 23.3 Å². The smallest absolute Gasteiger partial charge is 0.168 e. The number of anilines is 2. The van der Waals surface area contributed by atoms with Crippen molar-refractivity contribution in [1.82, 2.24) is 4.98 Å². The lowest BCUT2D eigenvalue weighted by molar-refractivity contribution is 0.0870. The van der Waals surface area contributed by atoms with E-state index in [1.165, 1.54) is 0 Å². The second kappa shape index (κ2) is 5.60. The molecule has 1 aromatic heterocycles. The fourth-order valence-corrected chi connectivity index (χ4v) is 1.07. The van der Waals surface area contributed by atoms with Gasteiger partial charge in [-0.05, 0) is 13.8 Å². The van der Waals surface area contributed by atoms with Gasteiger partial charge in [-0.25, -0.2) is 13.8 Å². The minimum Gasteiger partial charge on any atom is -0.381 e. The molecule has 6 heteroatoms. The normalized spacial score (nSPS) is 10.8. The molecule has 1 rings (SSSR count). The summed E-state index contributed by atoms with van der Waals surface area (Å²) >= 11 is 0. The zero-order valence-corrected chi connectivity index (χ0v) is 9.26. The zero-order valence-electron chi connectivity index (χ0n) is 9.26. The van der Waals surface area contributed by atoms with E-state index in [0.29, 0.717) is 19.2 Å². The Balaban J connectivity index is 2.51. The monoisotopic (exact) mass is 231 g/mol. The first-order chi connectivity index (χ1) is 7.50. The quantitative estimate of drug-likeness (QED) is 0.758. The predicted molar refractivity (Wildman–Crippen MR) is 58.1 cm³/mol. The highest BCUT2D eigenvalue weighted by molar-refractivity contribution is 5.44. The molecule has 90 valence electrons. The van der Waals surface area contributed by atoms with Gasteiger partial charge in [-0.1, -0.05) is 0 Å². The third-order valence-electron chi connectivity index (χ3n) is 1.80. The van der Waals surface area contributed by atoms with Crippen molar-refractivity contribution in [2.45, 2.75) is 20.0 Å². The molecule has 4 nitrogen and oxygen atoms in total. The fraction of sp³-hybridized carbons (Fsp3) is 0.500. The number of nitrogens with two attached hydrogens (primary N) is 1. The van der Waals surface area contributed by atoms with Crippen molar-refractivity contribution in [2.75, 3.05) is 24.2 Å². The van der Waals surface area contributed by atoms with Gasteiger partial charge in [-0.2, -0.15) is 0 Å². The summed E-state index contributed by atoms with van der Waals surface area (Å²) in [7, 11) is 0. The average molecular weight is 231 g/mol. The molecule has 16 heavy (non-hydrogen) atoms. The predicted octanol–water partition coefficient (Wildman–Crippen LogP) is 1.78. The summed E-state index contributed by atoms with van der Waals surface area (Å²) in [6, 6.07) is 0.702.